The summed E-state index contributed by atoms with van der Waals surface area (Å²) in [4.78, 5) is 10.2. The maximum Gasteiger partial charge on any atom is 0.0665 e. The zero-order valence-electron chi connectivity index (χ0n) is 20.1. The number of hydrogen-bond acceptors (Lipinski definition) is 2. The first-order valence-corrected chi connectivity index (χ1v) is 11.7. The second kappa shape index (κ2) is 16.4. The number of allylic oxidation sites excluding steroid dienone is 4. The van der Waals surface area contributed by atoms with Gasteiger partial charge in [-0.05, 0) is 82.6 Å². The fraction of sp³-hybridized carbons (Fsp3) is 0.379. The molecule has 0 N–H and O–H groups in total. The molecule has 0 spiro atoms. The van der Waals surface area contributed by atoms with E-state index in [-0.39, 0.29) is 16.5 Å². The fourth-order valence-electron chi connectivity index (χ4n) is 3.53. The molecule has 0 aliphatic carbocycles. The quantitative estimate of drug-likeness (QED) is 0.167. The first-order valence-electron chi connectivity index (χ1n) is 11.7. The Bertz CT molecular complexity index is 922. The monoisotopic (exact) mass is 472 g/mol. The Morgan fingerprint density at radius 3 is 1.78 bits per heavy atom. The topological polar surface area (TPSA) is 24.7 Å². The fourth-order valence-corrected chi connectivity index (χ4v) is 3.53. The van der Waals surface area contributed by atoms with Gasteiger partial charge in [0.25, 0.3) is 0 Å². The molecule has 2 aromatic rings. The van der Waals surface area contributed by atoms with E-state index in [1.807, 2.05) is 0 Å². The van der Waals surface area contributed by atoms with E-state index in [0.717, 1.165) is 67.7 Å². The van der Waals surface area contributed by atoms with Crippen LogP contribution in [0.1, 0.15) is 70.9 Å². The van der Waals surface area contributed by atoms with Crippen LogP contribution in [0.3, 0.4) is 0 Å². The van der Waals surface area contributed by atoms with Crippen LogP contribution in [0.15, 0.2) is 82.8 Å². The zero-order valence-corrected chi connectivity index (χ0v) is 21.1. The molecule has 0 aliphatic heterocycles. The third kappa shape index (κ3) is 9.49. The molecule has 0 bridgehead atoms. The van der Waals surface area contributed by atoms with Crippen molar-refractivity contribution in [2.45, 2.75) is 72.6 Å². The zero-order chi connectivity index (χ0) is 22.3. The van der Waals surface area contributed by atoms with Gasteiger partial charge in [0, 0.05) is 16.5 Å². The molecule has 0 saturated heterocycles. The number of unbranched alkanes of at least 4 members (excludes halogenated alkanes) is 1. The molecule has 174 valence electrons. The van der Waals surface area contributed by atoms with Crippen LogP contribution in [0.25, 0.3) is 0 Å². The van der Waals surface area contributed by atoms with E-state index in [1.54, 1.807) is 0 Å². The van der Waals surface area contributed by atoms with Crippen LogP contribution in [0.4, 0.5) is 11.4 Å². The second-order valence-electron chi connectivity index (χ2n) is 7.83. The van der Waals surface area contributed by atoms with Crippen molar-refractivity contribution in [2.24, 2.45) is 9.98 Å². The third-order valence-electron chi connectivity index (χ3n) is 5.34. The molecule has 0 saturated carbocycles. The van der Waals surface area contributed by atoms with Gasteiger partial charge in [0.2, 0.25) is 0 Å². The average molecular weight is 473 g/mol. The molecule has 2 aromatic carbocycles. The van der Waals surface area contributed by atoms with Gasteiger partial charge in [0.05, 0.1) is 22.8 Å². The van der Waals surface area contributed by atoms with Crippen molar-refractivity contribution >= 4 is 22.8 Å². The Hall–Kier alpha value is -2.25. The summed E-state index contributed by atoms with van der Waals surface area (Å²) in [6, 6.07) is 17.0. The normalized spacial score (nSPS) is 12.5. The minimum absolute atomic E-state index is 0. The first-order chi connectivity index (χ1) is 15.2. The Morgan fingerprint density at radius 2 is 1.28 bits per heavy atom. The molecule has 0 fully saturated rings. The van der Waals surface area contributed by atoms with Gasteiger partial charge in [-0.15, -0.1) is 0 Å². The number of aryl methyl sites for hydroxylation is 2. The molecule has 2 rings (SSSR count). The van der Waals surface area contributed by atoms with Crippen LogP contribution < -0.4 is 0 Å². The maximum atomic E-state index is 5.13. The van der Waals surface area contributed by atoms with Gasteiger partial charge >= 0.3 is 0 Å². The third-order valence-corrected chi connectivity index (χ3v) is 5.34. The van der Waals surface area contributed by atoms with Crippen molar-refractivity contribution < 1.29 is 16.5 Å². The average Bonchev–Trinajstić information content (AvgIpc) is 2.79. The summed E-state index contributed by atoms with van der Waals surface area (Å²) in [5, 5.41) is 0. The Kier molecular flexibility index (Phi) is 14.2. The van der Waals surface area contributed by atoms with Gasteiger partial charge in [-0.1, -0.05) is 74.0 Å². The van der Waals surface area contributed by atoms with E-state index >= 15 is 0 Å². The SMILES string of the molecule is C/C=C/CCc1ccccc1N=C(C)C(CCCC)=Nc1ccccc1CC/C=C/C.[Ni]. The molecule has 0 unspecified atom stereocenters. The van der Waals surface area contributed by atoms with E-state index in [2.05, 4.69) is 101 Å². The molecule has 32 heavy (non-hydrogen) atoms. The van der Waals surface area contributed by atoms with E-state index in [9.17, 15) is 0 Å². The van der Waals surface area contributed by atoms with E-state index in [0.29, 0.717) is 0 Å². The van der Waals surface area contributed by atoms with E-state index in [4.69, 9.17) is 9.98 Å². The van der Waals surface area contributed by atoms with Gasteiger partial charge in [-0.25, -0.2) is 0 Å². The largest absolute Gasteiger partial charge is 0.252 e. The standard InChI is InChI=1S/C29H38N2.Ni/c1-5-8-11-17-25-19-13-15-22-28(25)30-24(4)27(21-10-7-3)31-29-23-16-14-20-26(29)18-12-9-6-2;/h5-6,8-9,13-16,19-20,22-23H,7,10-12,17-18,21H2,1-4H3;/b8-5+,9-6+,30-24?,31-27?;. The van der Waals surface area contributed by atoms with Crippen LogP contribution in [0.2, 0.25) is 0 Å². The Balaban J connectivity index is 0.00000512. The van der Waals surface area contributed by atoms with E-state index in [1.165, 1.54) is 11.1 Å². The summed E-state index contributed by atoms with van der Waals surface area (Å²) in [5.74, 6) is 0. The van der Waals surface area contributed by atoms with Gasteiger partial charge < -0.3 is 0 Å². The summed E-state index contributed by atoms with van der Waals surface area (Å²) in [7, 11) is 0. The van der Waals surface area contributed by atoms with Crippen molar-refractivity contribution in [3.8, 4) is 0 Å². The Labute approximate surface area is 205 Å². The van der Waals surface area contributed by atoms with Crippen LogP contribution in [-0.2, 0) is 29.3 Å². The molecule has 0 radical (unpaired) electrons. The van der Waals surface area contributed by atoms with Crippen molar-refractivity contribution in [1.29, 1.82) is 0 Å². The predicted octanol–water partition coefficient (Wildman–Crippen LogP) is 8.76. The van der Waals surface area contributed by atoms with Crippen molar-refractivity contribution in [3.05, 3.63) is 84.0 Å². The van der Waals surface area contributed by atoms with Crippen molar-refractivity contribution in [1.82, 2.24) is 0 Å². The molecule has 3 heteroatoms. The summed E-state index contributed by atoms with van der Waals surface area (Å²) >= 11 is 0. The van der Waals surface area contributed by atoms with Gasteiger partial charge in [0.15, 0.2) is 0 Å². The second-order valence-corrected chi connectivity index (χ2v) is 7.83. The van der Waals surface area contributed by atoms with Crippen LogP contribution in [-0.4, -0.2) is 11.4 Å². The van der Waals surface area contributed by atoms with Gasteiger partial charge in [0.1, 0.15) is 0 Å². The summed E-state index contributed by atoms with van der Waals surface area (Å²) in [6.45, 7) is 8.48. The minimum atomic E-state index is 0. The molecule has 0 heterocycles. The van der Waals surface area contributed by atoms with Gasteiger partial charge in [-0.2, -0.15) is 0 Å². The van der Waals surface area contributed by atoms with E-state index < -0.39 is 0 Å². The number of rotatable bonds is 12. The predicted molar refractivity (Wildman–Crippen MR) is 139 cm³/mol. The van der Waals surface area contributed by atoms with Crippen molar-refractivity contribution in [3.63, 3.8) is 0 Å². The van der Waals surface area contributed by atoms with Crippen LogP contribution in [0, 0.1) is 0 Å². The first kappa shape index (κ1) is 27.8. The molecule has 0 amide bonds. The smallest absolute Gasteiger partial charge is 0.0665 e. The molecule has 2 nitrogen and oxygen atoms in total. The molecule has 0 atom stereocenters. The number of benzene rings is 2. The molecular formula is C29H38N2Ni. The minimum Gasteiger partial charge on any atom is -0.252 e. The Morgan fingerprint density at radius 1 is 0.781 bits per heavy atom. The summed E-state index contributed by atoms with van der Waals surface area (Å²) in [6.07, 6.45) is 16.0. The summed E-state index contributed by atoms with van der Waals surface area (Å²) < 4.78 is 0. The number of aliphatic imine (C=N–C) groups is 2. The number of hydrogen-bond donors (Lipinski definition) is 0. The van der Waals surface area contributed by atoms with Gasteiger partial charge in [-0.3, -0.25) is 9.98 Å². The van der Waals surface area contributed by atoms with Crippen molar-refractivity contribution in [2.75, 3.05) is 0 Å². The van der Waals surface area contributed by atoms with Crippen LogP contribution in [0.5, 0.6) is 0 Å². The summed E-state index contributed by atoms with van der Waals surface area (Å²) in [5.41, 5.74) is 6.86. The maximum absolute atomic E-state index is 5.13. The molecule has 0 aromatic heterocycles. The number of nitrogens with zero attached hydrogens (tertiary/aromatic N) is 2. The molecular weight excluding hydrogens is 435 g/mol. The van der Waals surface area contributed by atoms with Crippen LogP contribution >= 0.6 is 0 Å². The number of para-hydroxylation sites is 2. The molecule has 0 aliphatic rings.